The number of carbonyl (C=O) groups is 1. The number of allylic oxidation sites excluding steroid dienone is 1. The van der Waals surface area contributed by atoms with Gasteiger partial charge in [0, 0.05) is 21.2 Å². The quantitative estimate of drug-likeness (QED) is 0.619. The summed E-state index contributed by atoms with van der Waals surface area (Å²) in [6.45, 7) is 0. The van der Waals surface area contributed by atoms with Gasteiger partial charge in [-0.2, -0.15) is 0 Å². The third-order valence-corrected chi connectivity index (χ3v) is 5.83. The van der Waals surface area contributed by atoms with Gasteiger partial charge in [-0.15, -0.1) is 22.7 Å². The van der Waals surface area contributed by atoms with Crippen molar-refractivity contribution in [2.75, 3.05) is 0 Å². The van der Waals surface area contributed by atoms with Crippen molar-refractivity contribution in [3.05, 3.63) is 50.1 Å². The first-order valence-electron chi connectivity index (χ1n) is 6.64. The number of rotatable bonds is 5. The molecule has 0 fully saturated rings. The Labute approximate surface area is 144 Å². The molecule has 0 aliphatic heterocycles. The van der Waals surface area contributed by atoms with Crippen LogP contribution < -0.4 is 0 Å². The highest BCUT2D eigenvalue weighted by molar-refractivity contribution is 9.10. The maximum atomic E-state index is 10.9. The number of fused-ring (bicyclic) bond motifs is 1. The lowest BCUT2D eigenvalue weighted by Gasteiger charge is -2.01. The molecule has 0 amide bonds. The number of thiophene rings is 1. The van der Waals surface area contributed by atoms with Gasteiger partial charge in [-0.25, -0.2) is 4.98 Å². The third-order valence-electron chi connectivity index (χ3n) is 3.08. The molecule has 0 spiro atoms. The van der Waals surface area contributed by atoms with Crippen molar-refractivity contribution < 1.29 is 9.90 Å². The van der Waals surface area contributed by atoms with E-state index in [1.165, 1.54) is 0 Å². The fraction of sp³-hybridized carbons (Fsp3) is 0.125. The van der Waals surface area contributed by atoms with Crippen LogP contribution in [0, 0.1) is 0 Å². The molecule has 3 rings (SSSR count). The van der Waals surface area contributed by atoms with E-state index < -0.39 is 5.97 Å². The van der Waals surface area contributed by atoms with Gasteiger partial charge in [0.2, 0.25) is 0 Å². The third kappa shape index (κ3) is 3.63. The number of nitrogens with zero attached hydrogens (tertiary/aromatic N) is 1. The first-order valence-corrected chi connectivity index (χ1v) is 9.13. The van der Waals surface area contributed by atoms with Gasteiger partial charge < -0.3 is 5.11 Å². The molecule has 0 atom stereocenters. The normalized spacial score (nSPS) is 12.0. The molecule has 0 aliphatic carbocycles. The number of benzene rings is 1. The molecule has 2 aromatic heterocycles. The fourth-order valence-electron chi connectivity index (χ4n) is 2.07. The minimum atomic E-state index is -0.792. The van der Waals surface area contributed by atoms with E-state index in [0.29, 0.717) is 6.42 Å². The lowest BCUT2D eigenvalue weighted by Crippen LogP contribution is -1.95. The molecule has 0 radical (unpaired) electrons. The van der Waals surface area contributed by atoms with Crippen LogP contribution in [-0.2, 0) is 4.79 Å². The average Bonchev–Trinajstić information content (AvgIpc) is 3.09. The summed E-state index contributed by atoms with van der Waals surface area (Å²) in [5.74, 6) is -0.792. The predicted molar refractivity (Wildman–Crippen MR) is 96.4 cm³/mol. The van der Waals surface area contributed by atoms with Crippen LogP contribution in [0.25, 0.3) is 21.9 Å². The predicted octanol–water partition coefficient (Wildman–Crippen LogP) is 5.53. The molecule has 112 valence electrons. The summed E-state index contributed by atoms with van der Waals surface area (Å²) in [7, 11) is 0. The Bertz CT molecular complexity index is 818. The zero-order valence-corrected chi connectivity index (χ0v) is 14.7. The van der Waals surface area contributed by atoms with Crippen LogP contribution in [0.4, 0.5) is 0 Å². The zero-order valence-electron chi connectivity index (χ0n) is 11.5. The second-order valence-corrected chi connectivity index (χ2v) is 7.61. The van der Waals surface area contributed by atoms with Crippen molar-refractivity contribution in [1.29, 1.82) is 0 Å². The van der Waals surface area contributed by atoms with Gasteiger partial charge >= 0.3 is 5.97 Å². The minimum absolute atomic E-state index is 0.105. The summed E-state index contributed by atoms with van der Waals surface area (Å²) in [5, 5.41) is 11.9. The zero-order chi connectivity index (χ0) is 15.5. The molecule has 6 heteroatoms. The number of hydrogen-bond acceptors (Lipinski definition) is 4. The van der Waals surface area contributed by atoms with E-state index in [1.54, 1.807) is 22.7 Å². The largest absolute Gasteiger partial charge is 0.481 e. The number of carboxylic acid groups (broad SMARTS) is 1. The molecule has 1 N–H and O–H groups in total. The number of aromatic nitrogens is 1. The first kappa shape index (κ1) is 15.4. The highest BCUT2D eigenvalue weighted by Gasteiger charge is 2.11. The Kier molecular flexibility index (Phi) is 4.71. The molecular formula is C16H12BrNO2S2. The molecule has 3 nitrogen and oxygen atoms in total. The summed E-state index contributed by atoms with van der Waals surface area (Å²) in [6.07, 6.45) is 2.62. The molecule has 0 saturated heterocycles. The van der Waals surface area contributed by atoms with Crippen LogP contribution in [0.3, 0.4) is 0 Å². The SMILES string of the molecule is O=C(O)CC/C(=C\c1cc(Br)cs1)c1nc2ccccc2s1. The second kappa shape index (κ2) is 6.73. The maximum Gasteiger partial charge on any atom is 0.303 e. The van der Waals surface area contributed by atoms with E-state index in [4.69, 9.17) is 5.11 Å². The lowest BCUT2D eigenvalue weighted by molar-refractivity contribution is -0.136. The molecular weight excluding hydrogens is 382 g/mol. The van der Waals surface area contributed by atoms with Crippen LogP contribution in [-0.4, -0.2) is 16.1 Å². The molecule has 22 heavy (non-hydrogen) atoms. The number of hydrogen-bond donors (Lipinski definition) is 1. The van der Waals surface area contributed by atoms with Gasteiger partial charge in [0.05, 0.1) is 10.2 Å². The van der Waals surface area contributed by atoms with Crippen molar-refractivity contribution in [2.45, 2.75) is 12.8 Å². The van der Waals surface area contributed by atoms with Crippen LogP contribution >= 0.6 is 38.6 Å². The van der Waals surface area contributed by atoms with E-state index in [1.807, 2.05) is 41.8 Å². The lowest BCUT2D eigenvalue weighted by atomic mass is 10.1. The van der Waals surface area contributed by atoms with Crippen LogP contribution in [0.5, 0.6) is 0 Å². The van der Waals surface area contributed by atoms with E-state index in [0.717, 1.165) is 30.1 Å². The molecule has 0 saturated carbocycles. The van der Waals surface area contributed by atoms with E-state index >= 15 is 0 Å². The smallest absolute Gasteiger partial charge is 0.303 e. The summed E-state index contributed by atoms with van der Waals surface area (Å²) in [4.78, 5) is 16.6. The highest BCUT2D eigenvalue weighted by atomic mass is 79.9. The van der Waals surface area contributed by atoms with Gasteiger partial charge in [0.1, 0.15) is 5.01 Å². The van der Waals surface area contributed by atoms with Crippen molar-refractivity contribution in [1.82, 2.24) is 4.98 Å². The Hall–Kier alpha value is -1.50. The Morgan fingerprint density at radius 1 is 1.32 bits per heavy atom. The molecule has 1 aromatic carbocycles. The number of para-hydroxylation sites is 1. The molecule has 3 aromatic rings. The standard InChI is InChI=1S/C16H12BrNO2S2/c17-11-8-12(21-9-11)7-10(5-6-15(19)20)16-18-13-3-1-2-4-14(13)22-16/h1-4,7-9H,5-6H2,(H,19,20)/b10-7+. The number of thiazole rings is 1. The summed E-state index contributed by atoms with van der Waals surface area (Å²) in [5.41, 5.74) is 1.93. The van der Waals surface area contributed by atoms with Crippen molar-refractivity contribution in [3.63, 3.8) is 0 Å². The summed E-state index contributed by atoms with van der Waals surface area (Å²) >= 11 is 6.67. The molecule has 0 bridgehead atoms. The number of carboxylic acids is 1. The Morgan fingerprint density at radius 2 is 2.14 bits per heavy atom. The van der Waals surface area contributed by atoms with Gasteiger partial charge in [0.15, 0.2) is 0 Å². The van der Waals surface area contributed by atoms with Crippen LogP contribution in [0.15, 0.2) is 40.2 Å². The summed E-state index contributed by atoms with van der Waals surface area (Å²) in [6, 6.07) is 9.99. The number of aliphatic carboxylic acids is 1. The Balaban J connectivity index is 1.99. The number of halogens is 1. The molecule has 0 unspecified atom stereocenters. The van der Waals surface area contributed by atoms with Gasteiger partial charge in [-0.3, -0.25) is 4.79 Å². The average molecular weight is 394 g/mol. The molecule has 2 heterocycles. The second-order valence-electron chi connectivity index (χ2n) is 4.72. The van der Waals surface area contributed by atoms with Crippen LogP contribution in [0.1, 0.15) is 22.7 Å². The molecule has 0 aliphatic rings. The van der Waals surface area contributed by atoms with Crippen molar-refractivity contribution in [2.24, 2.45) is 0 Å². The van der Waals surface area contributed by atoms with E-state index in [2.05, 4.69) is 20.9 Å². The topological polar surface area (TPSA) is 50.2 Å². The van der Waals surface area contributed by atoms with Gasteiger partial charge in [-0.05, 0) is 52.2 Å². The maximum absolute atomic E-state index is 10.9. The Morgan fingerprint density at radius 3 is 2.82 bits per heavy atom. The van der Waals surface area contributed by atoms with Gasteiger partial charge in [-0.1, -0.05) is 12.1 Å². The van der Waals surface area contributed by atoms with Crippen molar-refractivity contribution >= 4 is 66.4 Å². The van der Waals surface area contributed by atoms with Gasteiger partial charge in [0.25, 0.3) is 0 Å². The summed E-state index contributed by atoms with van der Waals surface area (Å²) < 4.78 is 2.15. The monoisotopic (exact) mass is 393 g/mol. The van der Waals surface area contributed by atoms with Crippen molar-refractivity contribution in [3.8, 4) is 0 Å². The fourth-order valence-corrected chi connectivity index (χ4v) is 4.48. The van der Waals surface area contributed by atoms with Crippen LogP contribution in [0.2, 0.25) is 0 Å². The first-order chi connectivity index (χ1) is 10.6. The van der Waals surface area contributed by atoms with E-state index in [-0.39, 0.29) is 6.42 Å². The minimum Gasteiger partial charge on any atom is -0.481 e. The highest BCUT2D eigenvalue weighted by Crippen LogP contribution is 2.32. The van der Waals surface area contributed by atoms with E-state index in [9.17, 15) is 4.79 Å².